The predicted molar refractivity (Wildman–Crippen MR) is 134 cm³/mol. The van der Waals surface area contributed by atoms with Crippen LogP contribution in [-0.2, 0) is 29.2 Å². The molecule has 2 bridgehead atoms. The van der Waals surface area contributed by atoms with E-state index >= 15 is 0 Å². The molecule has 1 amide bonds. The molecule has 0 saturated heterocycles. The van der Waals surface area contributed by atoms with Crippen LogP contribution in [0.5, 0.6) is 11.5 Å². The van der Waals surface area contributed by atoms with Crippen molar-refractivity contribution in [1.29, 1.82) is 0 Å². The van der Waals surface area contributed by atoms with Gasteiger partial charge in [-0.3, -0.25) is 14.4 Å². The molecule has 10 nitrogen and oxygen atoms in total. The van der Waals surface area contributed by atoms with Gasteiger partial charge in [0.05, 0.1) is 44.8 Å². The number of nitrogens with zero attached hydrogens (tertiary/aromatic N) is 5. The van der Waals surface area contributed by atoms with Gasteiger partial charge in [-0.2, -0.15) is 0 Å². The molecule has 1 N–H and O–H groups in total. The van der Waals surface area contributed by atoms with E-state index < -0.39 is 0 Å². The topological polar surface area (TPSA) is 102 Å². The predicted octanol–water partition coefficient (Wildman–Crippen LogP) is 2.10. The number of rotatable bonds is 6. The Balaban J connectivity index is 1.50. The van der Waals surface area contributed by atoms with Crippen molar-refractivity contribution in [2.75, 3.05) is 40.0 Å². The minimum Gasteiger partial charge on any atom is -0.490 e. The third-order valence-electron chi connectivity index (χ3n) is 6.83. The average molecular weight is 502 g/mol. The number of likely N-dealkylation sites (N-methyl/N-ethyl adjacent to an activating group) is 1. The Morgan fingerprint density at radius 3 is 2.92 bits per heavy atom. The van der Waals surface area contributed by atoms with Crippen molar-refractivity contribution < 1.29 is 24.1 Å². The Labute approximate surface area is 213 Å². The number of ether oxygens (including phenoxy) is 3. The number of amides is 1. The molecule has 10 heteroatoms. The number of aryl methyl sites for hydroxylation is 1. The van der Waals surface area contributed by atoms with Crippen LogP contribution in [0.25, 0.3) is 0 Å². The lowest BCUT2D eigenvalue weighted by molar-refractivity contribution is -0.136. The van der Waals surface area contributed by atoms with Gasteiger partial charge in [-0.1, -0.05) is 24.3 Å². The van der Waals surface area contributed by atoms with E-state index in [1.807, 2.05) is 25.3 Å². The van der Waals surface area contributed by atoms with Gasteiger partial charge in [0.1, 0.15) is 5.69 Å². The van der Waals surface area contributed by atoms with Gasteiger partial charge in [0.25, 0.3) is 0 Å². The van der Waals surface area contributed by atoms with Gasteiger partial charge >= 0.3 is 0 Å². The van der Waals surface area contributed by atoms with Crippen molar-refractivity contribution in [2.24, 2.45) is 5.92 Å². The zero-order chi connectivity index (χ0) is 25.5. The van der Waals surface area contributed by atoms with Crippen LogP contribution in [-0.4, -0.2) is 87.9 Å². The summed E-state index contributed by atoms with van der Waals surface area (Å²) in [4.78, 5) is 17.1. The first-order valence-electron chi connectivity index (χ1n) is 12.9. The number of aliphatic hydroxyl groups is 1. The molecule has 36 heavy (non-hydrogen) atoms. The quantitative estimate of drug-likeness (QED) is 0.642. The van der Waals surface area contributed by atoms with Crippen LogP contribution in [0.2, 0.25) is 0 Å². The Bertz CT molecular complexity index is 999. The summed E-state index contributed by atoms with van der Waals surface area (Å²) in [6, 6.07) is 5.77. The Morgan fingerprint density at radius 1 is 1.25 bits per heavy atom. The molecule has 3 heterocycles. The second-order valence-electron chi connectivity index (χ2n) is 9.97. The van der Waals surface area contributed by atoms with Crippen LogP contribution < -0.4 is 9.47 Å². The molecule has 2 aliphatic heterocycles. The minimum atomic E-state index is -0.252. The molecule has 0 fully saturated rings. The first-order chi connectivity index (χ1) is 17.4. The third kappa shape index (κ3) is 6.74. The van der Waals surface area contributed by atoms with Crippen LogP contribution in [0, 0.1) is 5.92 Å². The molecular weight excluding hydrogens is 462 g/mol. The lowest BCUT2D eigenvalue weighted by Crippen LogP contribution is -2.47. The summed E-state index contributed by atoms with van der Waals surface area (Å²) < 4.78 is 20.0. The molecule has 3 atom stereocenters. The van der Waals surface area contributed by atoms with Crippen molar-refractivity contribution >= 4 is 5.91 Å². The lowest BCUT2D eigenvalue weighted by Gasteiger charge is -2.35. The van der Waals surface area contributed by atoms with E-state index in [2.05, 4.69) is 35.2 Å². The first kappa shape index (κ1) is 26.4. The molecule has 4 rings (SSSR count). The third-order valence-corrected chi connectivity index (χ3v) is 6.83. The maximum absolute atomic E-state index is 13.1. The summed E-state index contributed by atoms with van der Waals surface area (Å²) in [7, 11) is 2.06. The van der Waals surface area contributed by atoms with Crippen LogP contribution in [0.3, 0.4) is 0 Å². The zero-order valence-electron chi connectivity index (χ0n) is 21.6. The smallest absolute Gasteiger partial charge is 0.222 e. The zero-order valence-corrected chi connectivity index (χ0v) is 21.6. The molecular formula is C26H39N5O5. The SMILES string of the molecule is C[C@@H]1CN([C@H](C)CO)C(=O)CCCn2cc(nn2)CO[C@@H]1CN(C)Cc1cccc2c1OCCCO2. The van der Waals surface area contributed by atoms with Gasteiger partial charge in [-0.05, 0) is 26.5 Å². The molecule has 0 spiro atoms. The van der Waals surface area contributed by atoms with Crippen molar-refractivity contribution in [3.8, 4) is 11.5 Å². The van der Waals surface area contributed by atoms with E-state index in [0.29, 0.717) is 58.8 Å². The highest BCUT2D eigenvalue weighted by atomic mass is 16.5. The maximum atomic E-state index is 13.1. The lowest BCUT2D eigenvalue weighted by atomic mass is 10.0. The summed E-state index contributed by atoms with van der Waals surface area (Å²) in [5.74, 6) is 1.68. The van der Waals surface area contributed by atoms with Crippen LogP contribution in [0.4, 0.5) is 0 Å². The second-order valence-corrected chi connectivity index (χ2v) is 9.97. The van der Waals surface area contributed by atoms with E-state index in [-0.39, 0.29) is 30.6 Å². The van der Waals surface area contributed by atoms with Gasteiger partial charge in [-0.25, -0.2) is 0 Å². The fraction of sp³-hybridized carbons (Fsp3) is 0.654. The number of aromatic nitrogens is 3. The summed E-state index contributed by atoms with van der Waals surface area (Å²) >= 11 is 0. The normalized spacial score (nSPS) is 22.4. The van der Waals surface area contributed by atoms with E-state index in [0.717, 1.165) is 29.2 Å². The van der Waals surface area contributed by atoms with E-state index in [4.69, 9.17) is 14.2 Å². The van der Waals surface area contributed by atoms with Gasteiger partial charge in [-0.15, -0.1) is 5.10 Å². The largest absolute Gasteiger partial charge is 0.490 e. The van der Waals surface area contributed by atoms with Crippen LogP contribution in [0.1, 0.15) is 44.4 Å². The molecule has 198 valence electrons. The molecule has 1 aromatic heterocycles. The number of hydrogen-bond donors (Lipinski definition) is 1. The molecule has 0 aliphatic carbocycles. The Morgan fingerprint density at radius 2 is 2.08 bits per heavy atom. The van der Waals surface area contributed by atoms with Gasteiger partial charge in [0.15, 0.2) is 11.5 Å². The number of fused-ring (bicyclic) bond motifs is 3. The first-order valence-corrected chi connectivity index (χ1v) is 12.9. The molecule has 1 aromatic carbocycles. The van der Waals surface area contributed by atoms with E-state index in [9.17, 15) is 9.90 Å². The monoisotopic (exact) mass is 501 g/mol. The van der Waals surface area contributed by atoms with Crippen molar-refractivity contribution in [2.45, 2.75) is 65.0 Å². The van der Waals surface area contributed by atoms with Gasteiger partial charge in [0.2, 0.25) is 5.91 Å². The van der Waals surface area contributed by atoms with Crippen LogP contribution >= 0.6 is 0 Å². The minimum absolute atomic E-state index is 0.0358. The average Bonchev–Trinajstić information content (AvgIpc) is 3.18. The molecule has 2 aromatic rings. The van der Waals surface area contributed by atoms with Crippen LogP contribution in [0.15, 0.2) is 24.4 Å². The van der Waals surface area contributed by atoms with E-state index in [1.54, 1.807) is 9.58 Å². The number of carbonyl (C=O) groups excluding carboxylic acids is 1. The molecule has 0 radical (unpaired) electrons. The summed E-state index contributed by atoms with van der Waals surface area (Å²) in [5.41, 5.74) is 1.85. The fourth-order valence-electron chi connectivity index (χ4n) is 4.73. The Kier molecular flexibility index (Phi) is 9.17. The molecule has 0 saturated carbocycles. The standard InChI is InChI=1S/C26H39N5O5/c1-19-13-31(20(2)17-32)25(33)9-5-10-30-15-22(27-28-30)18-36-24(19)16-29(3)14-21-7-4-8-23-26(21)35-12-6-11-34-23/h4,7-8,15,19-20,24,32H,5-6,9-14,16-18H2,1-3H3/t19-,20-,24-/m1/s1. The maximum Gasteiger partial charge on any atom is 0.222 e. The highest BCUT2D eigenvalue weighted by Gasteiger charge is 2.28. The van der Waals surface area contributed by atoms with E-state index in [1.165, 1.54) is 0 Å². The number of hydrogen-bond acceptors (Lipinski definition) is 8. The summed E-state index contributed by atoms with van der Waals surface area (Å²) in [6.45, 7) is 8.02. The second kappa shape index (κ2) is 12.5. The fourth-order valence-corrected chi connectivity index (χ4v) is 4.73. The molecule has 0 unspecified atom stereocenters. The van der Waals surface area contributed by atoms with Crippen molar-refractivity contribution in [1.82, 2.24) is 24.8 Å². The molecule has 2 aliphatic rings. The summed E-state index contributed by atoms with van der Waals surface area (Å²) in [6.07, 6.45) is 3.66. The van der Waals surface area contributed by atoms with Crippen molar-refractivity contribution in [3.05, 3.63) is 35.7 Å². The van der Waals surface area contributed by atoms with Gasteiger partial charge in [0, 0.05) is 50.5 Å². The summed E-state index contributed by atoms with van der Waals surface area (Å²) in [5, 5.41) is 18.2. The Hall–Kier alpha value is -2.69. The highest BCUT2D eigenvalue weighted by molar-refractivity contribution is 5.76. The number of para-hydroxylation sites is 1. The highest BCUT2D eigenvalue weighted by Crippen LogP contribution is 2.34. The number of benzene rings is 1. The number of carbonyl (C=O) groups is 1. The van der Waals surface area contributed by atoms with Gasteiger partial charge < -0.3 is 24.2 Å². The van der Waals surface area contributed by atoms with Crippen molar-refractivity contribution in [3.63, 3.8) is 0 Å². The number of aliphatic hydroxyl groups excluding tert-OH is 1.